The normalized spacial score (nSPS) is 17.8. The number of carbonyl (C=O) groups excluding carboxylic acids is 4. The molecule has 0 aliphatic heterocycles. The van der Waals surface area contributed by atoms with E-state index in [0.717, 1.165) is 32.1 Å². The fraction of sp³-hybridized carbons (Fsp3) is 0.773. The van der Waals surface area contributed by atoms with Crippen LogP contribution in [0.15, 0.2) is 0 Å². The maximum absolute atomic E-state index is 12.8. The van der Waals surface area contributed by atoms with E-state index in [0.29, 0.717) is 0 Å². The van der Waals surface area contributed by atoms with Crippen LogP contribution < -0.4 is 27.4 Å². The van der Waals surface area contributed by atoms with E-state index >= 15 is 0 Å². The van der Waals surface area contributed by atoms with Gasteiger partial charge in [0.05, 0.1) is 12.6 Å². The second-order valence-electron chi connectivity index (χ2n) is 9.26. The molecule has 1 rings (SSSR count). The van der Waals surface area contributed by atoms with Crippen LogP contribution >= 0.6 is 0 Å². The molecule has 0 aromatic carbocycles. The Morgan fingerprint density at radius 2 is 1.41 bits per heavy atom. The van der Waals surface area contributed by atoms with Crippen molar-refractivity contribution in [3.63, 3.8) is 0 Å². The van der Waals surface area contributed by atoms with E-state index in [-0.39, 0.29) is 31.1 Å². The van der Waals surface area contributed by atoms with Crippen molar-refractivity contribution in [2.45, 2.75) is 89.4 Å². The molecule has 1 fully saturated rings. The zero-order valence-corrected chi connectivity index (χ0v) is 19.9. The van der Waals surface area contributed by atoms with Gasteiger partial charge in [0.1, 0.15) is 18.1 Å². The number of hydrogen-bond acceptors (Lipinski definition) is 7. The first-order valence-electron chi connectivity index (χ1n) is 11.7. The summed E-state index contributed by atoms with van der Waals surface area (Å²) in [6.45, 7) is 2.78. The van der Waals surface area contributed by atoms with Crippen molar-refractivity contribution in [1.29, 1.82) is 0 Å². The Labute approximate surface area is 199 Å². The van der Waals surface area contributed by atoms with Crippen LogP contribution in [0.25, 0.3) is 0 Å². The van der Waals surface area contributed by atoms with Gasteiger partial charge in [-0.05, 0) is 37.5 Å². The molecule has 0 bridgehead atoms. The minimum atomic E-state index is -1.46. The van der Waals surface area contributed by atoms with Crippen LogP contribution in [0.4, 0.5) is 0 Å². The summed E-state index contributed by atoms with van der Waals surface area (Å²) in [5.74, 6) is -4.22. The molecule has 194 valence electrons. The van der Waals surface area contributed by atoms with Gasteiger partial charge in [-0.25, -0.2) is 4.79 Å². The van der Waals surface area contributed by atoms with Crippen molar-refractivity contribution < 1.29 is 34.2 Å². The lowest BCUT2D eigenvalue weighted by Gasteiger charge is -2.28. The standard InChI is InChI=1S/C22H39N5O7/c1-12(2)10-15(22(33)34)26-20(31)16(11-28)27-19(30)14(8-9-17(23)29)25-21(32)18(24)13-6-4-3-5-7-13/h12-16,18,28H,3-11,24H2,1-2H3,(H2,23,29)(H,25,32)(H,26,31)(H,27,30)(H,33,34)/t14-,15-,16-,18-/m0/s1. The molecule has 0 radical (unpaired) electrons. The summed E-state index contributed by atoms with van der Waals surface area (Å²) in [5, 5.41) is 26.1. The second-order valence-corrected chi connectivity index (χ2v) is 9.26. The molecule has 1 aliphatic rings. The molecular weight excluding hydrogens is 446 g/mol. The van der Waals surface area contributed by atoms with E-state index < -0.39 is 60.4 Å². The number of hydrogen-bond donors (Lipinski definition) is 7. The van der Waals surface area contributed by atoms with E-state index in [2.05, 4.69) is 16.0 Å². The molecule has 0 unspecified atom stereocenters. The van der Waals surface area contributed by atoms with Crippen LogP contribution in [0.5, 0.6) is 0 Å². The predicted molar refractivity (Wildman–Crippen MR) is 123 cm³/mol. The lowest BCUT2D eigenvalue weighted by molar-refractivity contribution is -0.143. The molecular formula is C22H39N5O7. The number of aliphatic hydroxyl groups excluding tert-OH is 1. The first kappa shape index (κ1) is 29.3. The monoisotopic (exact) mass is 485 g/mol. The number of rotatable bonds is 14. The maximum Gasteiger partial charge on any atom is 0.326 e. The predicted octanol–water partition coefficient (Wildman–Crippen LogP) is -1.26. The van der Waals surface area contributed by atoms with Gasteiger partial charge in [0, 0.05) is 6.42 Å². The van der Waals surface area contributed by atoms with E-state index in [9.17, 15) is 34.2 Å². The van der Waals surface area contributed by atoms with Crippen LogP contribution in [-0.4, -0.2) is 70.6 Å². The van der Waals surface area contributed by atoms with Gasteiger partial charge >= 0.3 is 5.97 Å². The van der Waals surface area contributed by atoms with E-state index in [1.165, 1.54) is 0 Å². The average Bonchev–Trinajstić information content (AvgIpc) is 2.78. The molecule has 0 saturated heterocycles. The zero-order valence-electron chi connectivity index (χ0n) is 19.9. The van der Waals surface area contributed by atoms with Gasteiger partial charge < -0.3 is 37.6 Å². The Balaban J connectivity index is 2.85. The van der Waals surface area contributed by atoms with Crippen molar-refractivity contribution in [1.82, 2.24) is 16.0 Å². The number of aliphatic hydroxyl groups is 1. The summed E-state index contributed by atoms with van der Waals surface area (Å²) in [7, 11) is 0. The molecule has 0 aromatic rings. The lowest BCUT2D eigenvalue weighted by atomic mass is 9.84. The Hall–Kier alpha value is -2.73. The number of carboxylic acid groups (broad SMARTS) is 1. The van der Waals surface area contributed by atoms with Crippen molar-refractivity contribution in [2.24, 2.45) is 23.3 Å². The Morgan fingerprint density at radius 1 is 0.882 bits per heavy atom. The molecule has 0 spiro atoms. The van der Waals surface area contributed by atoms with Crippen molar-refractivity contribution >= 4 is 29.6 Å². The van der Waals surface area contributed by atoms with Crippen molar-refractivity contribution in [2.75, 3.05) is 6.61 Å². The third-order valence-electron chi connectivity index (χ3n) is 5.91. The number of primary amides is 1. The van der Waals surface area contributed by atoms with Gasteiger partial charge in [-0.3, -0.25) is 19.2 Å². The molecule has 0 heterocycles. The van der Waals surface area contributed by atoms with Gasteiger partial charge in [-0.15, -0.1) is 0 Å². The van der Waals surface area contributed by atoms with Gasteiger partial charge in [0.25, 0.3) is 0 Å². The van der Waals surface area contributed by atoms with Crippen LogP contribution in [0.2, 0.25) is 0 Å². The number of nitrogens with one attached hydrogen (secondary N) is 3. The fourth-order valence-electron chi connectivity index (χ4n) is 3.96. The molecule has 12 nitrogen and oxygen atoms in total. The molecule has 34 heavy (non-hydrogen) atoms. The number of nitrogens with two attached hydrogens (primary N) is 2. The smallest absolute Gasteiger partial charge is 0.326 e. The minimum Gasteiger partial charge on any atom is -0.480 e. The zero-order chi connectivity index (χ0) is 25.8. The van der Waals surface area contributed by atoms with E-state index in [1.807, 2.05) is 0 Å². The first-order chi connectivity index (χ1) is 16.0. The maximum atomic E-state index is 12.8. The van der Waals surface area contributed by atoms with Crippen LogP contribution in [-0.2, 0) is 24.0 Å². The Morgan fingerprint density at radius 3 is 1.91 bits per heavy atom. The third kappa shape index (κ3) is 10.0. The number of carboxylic acids is 1. The number of amides is 4. The topological polar surface area (TPSA) is 214 Å². The first-order valence-corrected chi connectivity index (χ1v) is 11.7. The minimum absolute atomic E-state index is 0.0153. The van der Waals surface area contributed by atoms with E-state index in [1.54, 1.807) is 13.8 Å². The van der Waals surface area contributed by atoms with E-state index in [4.69, 9.17) is 11.5 Å². The number of carbonyl (C=O) groups is 5. The Bertz CT molecular complexity index is 724. The fourth-order valence-corrected chi connectivity index (χ4v) is 3.96. The quantitative estimate of drug-likeness (QED) is 0.157. The molecule has 1 aliphatic carbocycles. The largest absolute Gasteiger partial charge is 0.480 e. The molecule has 1 saturated carbocycles. The van der Waals surface area contributed by atoms with Crippen LogP contribution in [0.3, 0.4) is 0 Å². The summed E-state index contributed by atoms with van der Waals surface area (Å²) in [6.07, 6.45) is 4.46. The summed E-state index contributed by atoms with van der Waals surface area (Å²) in [4.78, 5) is 60.7. The van der Waals surface area contributed by atoms with Crippen LogP contribution in [0, 0.1) is 11.8 Å². The molecule has 4 atom stereocenters. The summed E-state index contributed by atoms with van der Waals surface area (Å²) in [5.41, 5.74) is 11.3. The molecule has 9 N–H and O–H groups in total. The highest BCUT2D eigenvalue weighted by molar-refractivity contribution is 5.94. The highest BCUT2D eigenvalue weighted by Crippen LogP contribution is 2.25. The SMILES string of the molecule is CC(C)C[C@H](NC(=O)[C@H](CO)NC(=O)[C@H](CCC(N)=O)NC(=O)[C@@H](N)C1CCCCC1)C(=O)O. The van der Waals surface area contributed by atoms with Gasteiger partial charge in [-0.2, -0.15) is 0 Å². The number of aliphatic carboxylic acids is 1. The van der Waals surface area contributed by atoms with Gasteiger partial charge in [-0.1, -0.05) is 33.1 Å². The van der Waals surface area contributed by atoms with Gasteiger partial charge in [0.15, 0.2) is 0 Å². The van der Waals surface area contributed by atoms with Gasteiger partial charge in [0.2, 0.25) is 23.6 Å². The summed E-state index contributed by atoms with van der Waals surface area (Å²) in [6, 6.07) is -4.70. The highest BCUT2D eigenvalue weighted by atomic mass is 16.4. The molecule has 4 amide bonds. The lowest BCUT2D eigenvalue weighted by Crippen LogP contribution is -2.58. The molecule has 0 aromatic heterocycles. The highest BCUT2D eigenvalue weighted by Gasteiger charge is 2.32. The molecule has 12 heteroatoms. The summed E-state index contributed by atoms with van der Waals surface area (Å²) < 4.78 is 0. The van der Waals surface area contributed by atoms with Crippen molar-refractivity contribution in [3.8, 4) is 0 Å². The third-order valence-corrected chi connectivity index (χ3v) is 5.91. The van der Waals surface area contributed by atoms with Crippen LogP contribution in [0.1, 0.15) is 65.2 Å². The Kier molecular flexibility index (Phi) is 12.5. The average molecular weight is 486 g/mol. The van der Waals surface area contributed by atoms with Crippen molar-refractivity contribution in [3.05, 3.63) is 0 Å². The summed E-state index contributed by atoms with van der Waals surface area (Å²) >= 11 is 0. The second kappa shape index (κ2) is 14.5.